The molecule has 0 aliphatic carbocycles. The van der Waals surface area contributed by atoms with Crippen molar-refractivity contribution in [3.63, 3.8) is 0 Å². The van der Waals surface area contributed by atoms with Crippen molar-refractivity contribution in [2.45, 2.75) is 13.5 Å². The quantitative estimate of drug-likeness (QED) is 0.578. The van der Waals surface area contributed by atoms with E-state index in [1.54, 1.807) is 18.2 Å². The van der Waals surface area contributed by atoms with Crippen LogP contribution in [0.15, 0.2) is 53.6 Å². The standard InChI is InChI=1S/C19H15F2N3O3/c1-2-26-13-7-8-14-15(9-13)24(18(25)17-16(14)22-10-23-17)11-3-5-12(6-4-11)27-19(20)21/h3-10,19H,2H2,1H3,(H,22,23). The number of ether oxygens (including phenoxy) is 2. The lowest BCUT2D eigenvalue weighted by Crippen LogP contribution is -2.19. The Bertz CT molecular complexity index is 1170. The van der Waals surface area contributed by atoms with Crippen LogP contribution in [0.1, 0.15) is 6.92 Å². The Labute approximate surface area is 152 Å². The maximum atomic E-state index is 13.0. The van der Waals surface area contributed by atoms with Crippen molar-refractivity contribution in [1.29, 1.82) is 0 Å². The number of halogens is 2. The van der Waals surface area contributed by atoms with Crippen molar-refractivity contribution >= 4 is 21.9 Å². The van der Waals surface area contributed by atoms with E-state index in [-0.39, 0.29) is 11.3 Å². The van der Waals surface area contributed by atoms with Gasteiger partial charge in [0.15, 0.2) is 0 Å². The van der Waals surface area contributed by atoms with Crippen LogP contribution in [-0.2, 0) is 0 Å². The number of fused-ring (bicyclic) bond motifs is 3. The van der Waals surface area contributed by atoms with E-state index in [9.17, 15) is 13.6 Å². The van der Waals surface area contributed by atoms with E-state index in [4.69, 9.17) is 4.74 Å². The third-order valence-corrected chi connectivity index (χ3v) is 4.15. The Morgan fingerprint density at radius 3 is 2.59 bits per heavy atom. The van der Waals surface area contributed by atoms with Gasteiger partial charge >= 0.3 is 6.61 Å². The second-order valence-corrected chi connectivity index (χ2v) is 5.75. The highest BCUT2D eigenvalue weighted by Crippen LogP contribution is 2.27. The molecule has 0 aliphatic heterocycles. The van der Waals surface area contributed by atoms with Crippen molar-refractivity contribution < 1.29 is 18.3 Å². The molecule has 1 N–H and O–H groups in total. The number of H-pyrrole nitrogens is 1. The topological polar surface area (TPSA) is 69.1 Å². The summed E-state index contributed by atoms with van der Waals surface area (Å²) < 4.78 is 36.2. The molecule has 0 aliphatic rings. The molecule has 138 valence electrons. The lowest BCUT2D eigenvalue weighted by molar-refractivity contribution is -0.0498. The maximum absolute atomic E-state index is 13.0. The molecule has 0 saturated heterocycles. The summed E-state index contributed by atoms with van der Waals surface area (Å²) in [7, 11) is 0. The summed E-state index contributed by atoms with van der Waals surface area (Å²) in [6, 6.07) is 11.3. The number of alkyl halides is 2. The third-order valence-electron chi connectivity index (χ3n) is 4.15. The zero-order chi connectivity index (χ0) is 19.0. The molecule has 0 bridgehead atoms. The molecule has 0 unspecified atom stereocenters. The summed E-state index contributed by atoms with van der Waals surface area (Å²) in [5.74, 6) is 0.634. The van der Waals surface area contributed by atoms with Crippen molar-refractivity contribution in [2.75, 3.05) is 6.61 Å². The minimum absolute atomic E-state index is 0.0173. The van der Waals surface area contributed by atoms with E-state index < -0.39 is 6.61 Å². The zero-order valence-electron chi connectivity index (χ0n) is 14.3. The van der Waals surface area contributed by atoms with Crippen LogP contribution in [0.4, 0.5) is 8.78 Å². The lowest BCUT2D eigenvalue weighted by atomic mass is 10.1. The molecule has 0 saturated carbocycles. The highest BCUT2D eigenvalue weighted by Gasteiger charge is 2.15. The molecule has 0 amide bonds. The van der Waals surface area contributed by atoms with E-state index in [1.807, 2.05) is 19.1 Å². The van der Waals surface area contributed by atoms with Crippen molar-refractivity contribution in [2.24, 2.45) is 0 Å². The number of nitrogens with one attached hydrogen (secondary N) is 1. The molecule has 4 aromatic rings. The Balaban J connectivity index is 1.97. The zero-order valence-corrected chi connectivity index (χ0v) is 14.3. The van der Waals surface area contributed by atoms with Gasteiger partial charge in [-0.1, -0.05) is 0 Å². The minimum atomic E-state index is -2.91. The van der Waals surface area contributed by atoms with Crippen molar-refractivity contribution in [1.82, 2.24) is 14.5 Å². The fraction of sp³-hybridized carbons (Fsp3) is 0.158. The number of rotatable bonds is 5. The summed E-state index contributed by atoms with van der Waals surface area (Å²) in [4.78, 5) is 20.2. The van der Waals surface area contributed by atoms with E-state index in [0.717, 1.165) is 5.39 Å². The van der Waals surface area contributed by atoms with Crippen molar-refractivity contribution in [3.05, 3.63) is 59.1 Å². The molecule has 2 heterocycles. The first-order valence-electron chi connectivity index (χ1n) is 8.28. The Morgan fingerprint density at radius 2 is 1.89 bits per heavy atom. The number of hydrogen-bond donors (Lipinski definition) is 1. The Morgan fingerprint density at radius 1 is 1.15 bits per heavy atom. The molecule has 0 radical (unpaired) electrons. The molecule has 2 aromatic heterocycles. The van der Waals surface area contributed by atoms with Gasteiger partial charge in [0.05, 0.1) is 18.5 Å². The highest BCUT2D eigenvalue weighted by molar-refractivity contribution is 6.03. The van der Waals surface area contributed by atoms with Crippen LogP contribution in [0.5, 0.6) is 11.5 Å². The molecule has 8 heteroatoms. The van der Waals surface area contributed by atoms with E-state index in [2.05, 4.69) is 14.7 Å². The summed E-state index contributed by atoms with van der Waals surface area (Å²) in [6.45, 7) is -0.551. The molecular weight excluding hydrogens is 356 g/mol. The molecule has 27 heavy (non-hydrogen) atoms. The number of hydrogen-bond acceptors (Lipinski definition) is 4. The van der Waals surface area contributed by atoms with Gasteiger partial charge in [-0.05, 0) is 43.3 Å². The molecule has 6 nitrogen and oxygen atoms in total. The smallest absolute Gasteiger partial charge is 0.387 e. The summed E-state index contributed by atoms with van der Waals surface area (Å²) >= 11 is 0. The SMILES string of the molecule is CCOc1ccc2c3nc[nH]c3c(=O)n(-c3ccc(OC(F)F)cc3)c2c1. The second-order valence-electron chi connectivity index (χ2n) is 5.75. The van der Waals surface area contributed by atoms with Gasteiger partial charge in [0.25, 0.3) is 5.56 Å². The van der Waals surface area contributed by atoms with E-state index in [0.29, 0.717) is 34.6 Å². The average Bonchev–Trinajstić information content (AvgIpc) is 3.13. The van der Waals surface area contributed by atoms with Gasteiger partial charge in [-0.2, -0.15) is 8.78 Å². The van der Waals surface area contributed by atoms with Crippen LogP contribution < -0.4 is 15.0 Å². The number of aromatic nitrogens is 3. The molecule has 2 aromatic carbocycles. The van der Waals surface area contributed by atoms with E-state index >= 15 is 0 Å². The van der Waals surface area contributed by atoms with Gasteiger partial charge in [-0.25, -0.2) is 4.98 Å². The summed E-state index contributed by atoms with van der Waals surface area (Å²) in [5.41, 5.74) is 1.74. The number of benzene rings is 2. The molecule has 0 fully saturated rings. The molecule has 4 rings (SSSR count). The van der Waals surface area contributed by atoms with Gasteiger partial charge in [0.1, 0.15) is 22.5 Å². The van der Waals surface area contributed by atoms with Gasteiger partial charge in [0, 0.05) is 17.1 Å². The molecule has 0 atom stereocenters. The first-order chi connectivity index (χ1) is 13.1. The van der Waals surface area contributed by atoms with Gasteiger partial charge in [0.2, 0.25) is 0 Å². The van der Waals surface area contributed by atoms with E-state index in [1.165, 1.54) is 23.0 Å². The number of pyridine rings is 1. The summed E-state index contributed by atoms with van der Waals surface area (Å²) in [6.07, 6.45) is 1.46. The van der Waals surface area contributed by atoms with Gasteiger partial charge in [-0.3, -0.25) is 9.36 Å². The maximum Gasteiger partial charge on any atom is 0.387 e. The second kappa shape index (κ2) is 6.71. The van der Waals surface area contributed by atoms with Crippen molar-refractivity contribution in [3.8, 4) is 17.2 Å². The van der Waals surface area contributed by atoms with Crippen LogP contribution >= 0.6 is 0 Å². The Hall–Kier alpha value is -3.42. The van der Waals surface area contributed by atoms with Crippen LogP contribution in [0, 0.1) is 0 Å². The normalized spacial score (nSPS) is 11.4. The lowest BCUT2D eigenvalue weighted by Gasteiger charge is -2.13. The number of nitrogens with zero attached hydrogens (tertiary/aromatic N) is 2. The van der Waals surface area contributed by atoms with Gasteiger partial charge < -0.3 is 14.5 Å². The number of aromatic amines is 1. The first kappa shape index (κ1) is 17.0. The first-order valence-corrected chi connectivity index (χ1v) is 8.28. The average molecular weight is 371 g/mol. The summed E-state index contributed by atoms with van der Waals surface area (Å²) in [5, 5.41) is 0.766. The highest BCUT2D eigenvalue weighted by atomic mass is 19.3. The van der Waals surface area contributed by atoms with Crippen LogP contribution in [0.25, 0.3) is 27.6 Å². The molecular formula is C19H15F2N3O3. The van der Waals surface area contributed by atoms with Crippen LogP contribution in [0.3, 0.4) is 0 Å². The van der Waals surface area contributed by atoms with Gasteiger partial charge in [-0.15, -0.1) is 0 Å². The third kappa shape index (κ3) is 2.99. The predicted molar refractivity (Wildman–Crippen MR) is 97.0 cm³/mol. The van der Waals surface area contributed by atoms with Crippen LogP contribution in [-0.4, -0.2) is 27.8 Å². The largest absolute Gasteiger partial charge is 0.494 e. The Kier molecular flexibility index (Phi) is 4.23. The molecule has 0 spiro atoms. The number of imidazole rings is 1. The van der Waals surface area contributed by atoms with Crippen LogP contribution in [0.2, 0.25) is 0 Å². The minimum Gasteiger partial charge on any atom is -0.494 e. The predicted octanol–water partition coefficient (Wildman–Crippen LogP) is 3.87. The monoisotopic (exact) mass is 371 g/mol. The fourth-order valence-electron chi connectivity index (χ4n) is 3.07. The fourth-order valence-corrected chi connectivity index (χ4v) is 3.07.